The van der Waals surface area contributed by atoms with E-state index in [1.54, 1.807) is 6.92 Å². The molecule has 0 saturated heterocycles. The van der Waals surface area contributed by atoms with Crippen molar-refractivity contribution in [2.24, 2.45) is 0 Å². The van der Waals surface area contributed by atoms with Crippen LogP contribution in [0.3, 0.4) is 0 Å². The van der Waals surface area contributed by atoms with Crippen LogP contribution in [0.5, 0.6) is 0 Å². The first-order valence-electron chi connectivity index (χ1n) is 5.55. The van der Waals surface area contributed by atoms with Crippen LogP contribution in [-0.2, 0) is 0 Å². The summed E-state index contributed by atoms with van der Waals surface area (Å²) in [5.41, 5.74) is 1.47. The second-order valence-electron chi connectivity index (χ2n) is 3.94. The molecule has 19 heavy (non-hydrogen) atoms. The smallest absolute Gasteiger partial charge is 0.339 e. The maximum Gasteiger partial charge on any atom is 0.339 e. The van der Waals surface area contributed by atoms with E-state index in [0.717, 1.165) is 0 Å². The Balaban J connectivity index is 3.52. The zero-order valence-corrected chi connectivity index (χ0v) is 10.1. The predicted molar refractivity (Wildman–Crippen MR) is 61.5 cm³/mol. The summed E-state index contributed by atoms with van der Waals surface area (Å²) in [4.78, 5) is 22.6. The van der Waals surface area contributed by atoms with E-state index >= 15 is 0 Å². The number of carbonyl (C=O) groups excluding carboxylic acids is 1. The van der Waals surface area contributed by atoms with E-state index in [4.69, 9.17) is 10.8 Å². The van der Waals surface area contributed by atoms with Gasteiger partial charge >= 0.3 is 5.97 Å². The van der Waals surface area contributed by atoms with Gasteiger partial charge in [-0.15, -0.1) is 0 Å². The normalized spacial score (nSPS) is 10.5. The number of nitrogens with two attached hydrogens (primary N) is 1. The lowest BCUT2D eigenvalue weighted by molar-refractivity contribution is 0.0684. The highest BCUT2D eigenvalue weighted by Gasteiger charge is 2.30. The first-order valence-corrected chi connectivity index (χ1v) is 5.55. The third-order valence-corrected chi connectivity index (χ3v) is 2.60. The van der Waals surface area contributed by atoms with Gasteiger partial charge in [-0.25, -0.2) is 18.0 Å². The van der Waals surface area contributed by atoms with Crippen molar-refractivity contribution in [1.82, 2.24) is 0 Å². The van der Waals surface area contributed by atoms with Gasteiger partial charge in [0.05, 0.1) is 5.56 Å². The summed E-state index contributed by atoms with van der Waals surface area (Å²) >= 11 is 0. The molecule has 0 aliphatic carbocycles. The summed E-state index contributed by atoms with van der Waals surface area (Å²) < 4.78 is 40.4. The number of aromatic carboxylic acids is 1. The second kappa shape index (κ2) is 5.73. The molecule has 0 atom stereocenters. The van der Waals surface area contributed by atoms with Gasteiger partial charge in [-0.2, -0.15) is 0 Å². The highest BCUT2D eigenvalue weighted by molar-refractivity contribution is 6.07. The number of hydrogen-bond acceptors (Lipinski definition) is 3. The highest BCUT2D eigenvalue weighted by Crippen LogP contribution is 2.28. The lowest BCUT2D eigenvalue weighted by Gasteiger charge is -2.11. The average molecular weight is 275 g/mol. The van der Waals surface area contributed by atoms with Crippen LogP contribution in [0.25, 0.3) is 0 Å². The summed E-state index contributed by atoms with van der Waals surface area (Å²) in [6, 6.07) is 0. The van der Waals surface area contributed by atoms with Gasteiger partial charge in [0.25, 0.3) is 0 Å². The number of rotatable bonds is 5. The van der Waals surface area contributed by atoms with Crippen LogP contribution < -0.4 is 5.73 Å². The van der Waals surface area contributed by atoms with Crippen LogP contribution in [0.4, 0.5) is 18.9 Å². The van der Waals surface area contributed by atoms with Gasteiger partial charge in [0.15, 0.2) is 23.2 Å². The Morgan fingerprint density at radius 3 is 2.16 bits per heavy atom. The fourth-order valence-corrected chi connectivity index (χ4v) is 1.60. The monoisotopic (exact) mass is 275 g/mol. The van der Waals surface area contributed by atoms with Gasteiger partial charge in [0, 0.05) is 6.42 Å². The molecule has 0 spiro atoms. The number of carbonyl (C=O) groups is 2. The predicted octanol–water partition coefficient (Wildman–Crippen LogP) is 2.76. The van der Waals surface area contributed by atoms with Crippen LogP contribution in [-0.4, -0.2) is 16.9 Å². The van der Waals surface area contributed by atoms with Gasteiger partial charge in [-0.1, -0.05) is 13.3 Å². The molecule has 7 heteroatoms. The minimum atomic E-state index is -1.92. The third-order valence-electron chi connectivity index (χ3n) is 2.60. The number of hydrogen-bond donors (Lipinski definition) is 2. The van der Waals surface area contributed by atoms with Crippen molar-refractivity contribution in [1.29, 1.82) is 0 Å². The van der Waals surface area contributed by atoms with Crippen LogP contribution in [0.2, 0.25) is 0 Å². The van der Waals surface area contributed by atoms with Crippen LogP contribution in [0.15, 0.2) is 0 Å². The summed E-state index contributed by atoms with van der Waals surface area (Å²) in [7, 11) is 0. The average Bonchev–Trinajstić information content (AvgIpc) is 2.36. The topological polar surface area (TPSA) is 80.4 Å². The molecule has 1 aromatic carbocycles. The molecular formula is C12H12F3NO3. The van der Waals surface area contributed by atoms with E-state index in [0.29, 0.717) is 12.8 Å². The Labute approximate surface area is 107 Å². The van der Waals surface area contributed by atoms with Gasteiger partial charge in [-0.3, -0.25) is 4.79 Å². The number of ketones is 1. The summed E-state index contributed by atoms with van der Waals surface area (Å²) in [5.74, 6) is -8.00. The van der Waals surface area contributed by atoms with Gasteiger partial charge in [0.2, 0.25) is 0 Å². The molecule has 0 saturated carbocycles. The number of carboxylic acids is 1. The van der Waals surface area contributed by atoms with Gasteiger partial charge in [0.1, 0.15) is 11.3 Å². The SMILES string of the molecule is CCCCC(=O)c1c(F)c(N)c(F)c(F)c1C(=O)O. The van der Waals surface area contributed by atoms with Crippen molar-refractivity contribution in [3.05, 3.63) is 28.6 Å². The van der Waals surface area contributed by atoms with Crippen molar-refractivity contribution in [3.63, 3.8) is 0 Å². The number of halogens is 3. The number of anilines is 1. The lowest BCUT2D eigenvalue weighted by Crippen LogP contribution is -2.17. The number of unbranched alkanes of at least 4 members (excludes halogenated alkanes) is 1. The quantitative estimate of drug-likeness (QED) is 0.492. The van der Waals surface area contributed by atoms with Gasteiger partial charge < -0.3 is 10.8 Å². The number of carboxylic acid groups (broad SMARTS) is 1. The fraction of sp³-hybridized carbons (Fsp3) is 0.333. The maximum absolute atomic E-state index is 13.7. The zero-order valence-electron chi connectivity index (χ0n) is 10.1. The third kappa shape index (κ3) is 2.69. The van der Waals surface area contributed by atoms with Crippen molar-refractivity contribution < 1.29 is 27.9 Å². The molecule has 0 bridgehead atoms. The Morgan fingerprint density at radius 1 is 1.11 bits per heavy atom. The Kier molecular flexibility index (Phi) is 4.52. The van der Waals surface area contributed by atoms with Crippen LogP contribution in [0.1, 0.15) is 46.9 Å². The Bertz CT molecular complexity index is 544. The summed E-state index contributed by atoms with van der Waals surface area (Å²) in [5, 5.41) is 8.79. The largest absolute Gasteiger partial charge is 0.478 e. The zero-order chi connectivity index (χ0) is 14.7. The molecule has 1 rings (SSSR count). The molecule has 0 heterocycles. The van der Waals surface area contributed by atoms with Crippen molar-refractivity contribution in [2.45, 2.75) is 26.2 Å². The lowest BCUT2D eigenvalue weighted by atomic mass is 9.97. The molecular weight excluding hydrogens is 263 g/mol. The molecule has 0 radical (unpaired) electrons. The molecule has 0 aliphatic rings. The van der Waals surface area contributed by atoms with E-state index in [2.05, 4.69) is 0 Å². The first-order chi connectivity index (χ1) is 8.82. The molecule has 0 aliphatic heterocycles. The molecule has 0 fully saturated rings. The van der Waals surface area contributed by atoms with E-state index in [9.17, 15) is 22.8 Å². The van der Waals surface area contributed by atoms with Crippen molar-refractivity contribution in [3.8, 4) is 0 Å². The van der Waals surface area contributed by atoms with Crippen LogP contribution >= 0.6 is 0 Å². The molecule has 0 aromatic heterocycles. The maximum atomic E-state index is 13.7. The standard InChI is InChI=1S/C12H12F3NO3/c1-2-3-4-5(17)6-7(12(18)19)8(13)10(15)11(16)9(6)14/h2-4,16H2,1H3,(H,18,19). The van der Waals surface area contributed by atoms with Crippen molar-refractivity contribution in [2.75, 3.05) is 5.73 Å². The second-order valence-corrected chi connectivity index (χ2v) is 3.94. The minimum absolute atomic E-state index is 0.168. The van der Waals surface area contributed by atoms with E-state index < -0.39 is 46.0 Å². The van der Waals surface area contributed by atoms with Crippen molar-refractivity contribution >= 4 is 17.4 Å². The number of Topliss-reactive ketones (excluding diaryl/α,β-unsaturated/α-hetero) is 1. The Hall–Kier alpha value is -2.05. The Morgan fingerprint density at radius 2 is 1.68 bits per heavy atom. The highest BCUT2D eigenvalue weighted by atomic mass is 19.2. The van der Waals surface area contributed by atoms with Gasteiger partial charge in [-0.05, 0) is 6.42 Å². The molecule has 4 nitrogen and oxygen atoms in total. The molecule has 3 N–H and O–H groups in total. The number of nitrogen functional groups attached to an aromatic ring is 1. The number of benzene rings is 1. The fourth-order valence-electron chi connectivity index (χ4n) is 1.60. The molecule has 104 valence electrons. The molecule has 1 aromatic rings. The first kappa shape index (κ1) is 15.0. The van der Waals surface area contributed by atoms with Crippen LogP contribution in [0, 0.1) is 17.5 Å². The van der Waals surface area contributed by atoms with E-state index in [-0.39, 0.29) is 6.42 Å². The summed E-state index contributed by atoms with van der Waals surface area (Å²) in [6.45, 7) is 1.77. The van der Waals surface area contributed by atoms with E-state index in [1.807, 2.05) is 0 Å². The summed E-state index contributed by atoms with van der Waals surface area (Å²) in [6.07, 6.45) is 0.809. The molecule has 0 amide bonds. The van der Waals surface area contributed by atoms with E-state index in [1.165, 1.54) is 0 Å². The minimum Gasteiger partial charge on any atom is -0.478 e. The molecule has 0 unspecified atom stereocenters.